The summed E-state index contributed by atoms with van der Waals surface area (Å²) in [6.45, 7) is 3.01. The minimum atomic E-state index is -0.658. The molecule has 2 rings (SSSR count). The van der Waals surface area contributed by atoms with E-state index in [0.29, 0.717) is 30.3 Å². The Morgan fingerprint density at radius 2 is 2.29 bits per heavy atom. The van der Waals surface area contributed by atoms with Gasteiger partial charge in [-0.1, -0.05) is 13.3 Å². The van der Waals surface area contributed by atoms with Crippen molar-refractivity contribution in [1.29, 1.82) is 0 Å². The SMILES string of the molecule is C[C@@H]1CO[C@@H]2CCC[C@H](CC(=O)O)[C@H]12. The zero-order chi connectivity index (χ0) is 10.1. The highest BCUT2D eigenvalue weighted by Crippen LogP contribution is 2.42. The van der Waals surface area contributed by atoms with Crippen LogP contribution in [0.1, 0.15) is 32.6 Å². The minimum absolute atomic E-state index is 0.328. The summed E-state index contributed by atoms with van der Waals surface area (Å²) in [5, 5.41) is 8.83. The van der Waals surface area contributed by atoms with Gasteiger partial charge in [0.2, 0.25) is 0 Å². The van der Waals surface area contributed by atoms with E-state index in [2.05, 4.69) is 6.92 Å². The van der Waals surface area contributed by atoms with Gasteiger partial charge in [-0.2, -0.15) is 0 Å². The van der Waals surface area contributed by atoms with Gasteiger partial charge in [-0.05, 0) is 30.6 Å². The lowest BCUT2D eigenvalue weighted by Crippen LogP contribution is -2.33. The van der Waals surface area contributed by atoms with Crippen LogP contribution in [0.4, 0.5) is 0 Å². The Hall–Kier alpha value is -0.570. The molecule has 3 heteroatoms. The molecule has 0 aromatic carbocycles. The maximum absolute atomic E-state index is 10.7. The molecule has 3 nitrogen and oxygen atoms in total. The highest BCUT2D eigenvalue weighted by Gasteiger charge is 2.42. The molecule has 0 spiro atoms. The summed E-state index contributed by atoms with van der Waals surface area (Å²) in [6, 6.07) is 0. The van der Waals surface area contributed by atoms with Crippen molar-refractivity contribution < 1.29 is 14.6 Å². The highest BCUT2D eigenvalue weighted by atomic mass is 16.5. The Morgan fingerprint density at radius 1 is 1.50 bits per heavy atom. The first-order chi connectivity index (χ1) is 6.68. The van der Waals surface area contributed by atoms with Crippen molar-refractivity contribution in [2.75, 3.05) is 6.61 Å². The first-order valence-electron chi connectivity index (χ1n) is 5.52. The Morgan fingerprint density at radius 3 is 3.00 bits per heavy atom. The zero-order valence-corrected chi connectivity index (χ0v) is 8.61. The molecule has 0 radical (unpaired) electrons. The molecule has 1 N–H and O–H groups in total. The molecule has 0 aromatic heterocycles. The molecular formula is C11H18O3. The third-order valence-corrected chi connectivity index (χ3v) is 3.70. The van der Waals surface area contributed by atoms with Crippen LogP contribution in [0, 0.1) is 17.8 Å². The minimum Gasteiger partial charge on any atom is -0.481 e. The quantitative estimate of drug-likeness (QED) is 0.737. The van der Waals surface area contributed by atoms with E-state index in [-0.39, 0.29) is 0 Å². The standard InChI is InChI=1S/C11H18O3/c1-7-6-14-9-4-2-3-8(11(7)9)5-10(12)13/h7-9,11H,2-6H2,1H3,(H,12,13)/t7-,8-,9-,11+/m1/s1. The number of hydrogen-bond acceptors (Lipinski definition) is 2. The lowest BCUT2D eigenvalue weighted by molar-refractivity contribution is -0.139. The van der Waals surface area contributed by atoms with E-state index in [1.165, 1.54) is 0 Å². The maximum Gasteiger partial charge on any atom is 0.303 e. The molecule has 2 fully saturated rings. The van der Waals surface area contributed by atoms with Gasteiger partial charge in [0.05, 0.1) is 6.10 Å². The average Bonchev–Trinajstić information content (AvgIpc) is 2.48. The fourth-order valence-electron chi connectivity index (χ4n) is 3.14. The molecule has 0 aromatic rings. The van der Waals surface area contributed by atoms with Gasteiger partial charge in [0.25, 0.3) is 0 Å². The lowest BCUT2D eigenvalue weighted by atomic mass is 9.72. The van der Waals surface area contributed by atoms with Crippen LogP contribution >= 0.6 is 0 Å². The topological polar surface area (TPSA) is 46.5 Å². The van der Waals surface area contributed by atoms with Gasteiger partial charge in [-0.25, -0.2) is 0 Å². The van der Waals surface area contributed by atoms with Crippen molar-refractivity contribution in [3.8, 4) is 0 Å². The Labute approximate surface area is 84.4 Å². The van der Waals surface area contributed by atoms with Gasteiger partial charge in [0.15, 0.2) is 0 Å². The number of aliphatic carboxylic acids is 1. The van der Waals surface area contributed by atoms with Crippen LogP contribution in [0.5, 0.6) is 0 Å². The Kier molecular flexibility index (Phi) is 2.77. The van der Waals surface area contributed by atoms with Crippen molar-refractivity contribution >= 4 is 5.97 Å². The van der Waals surface area contributed by atoms with Crippen LogP contribution in [0.3, 0.4) is 0 Å². The molecule has 80 valence electrons. The van der Waals surface area contributed by atoms with Crippen LogP contribution in [-0.2, 0) is 9.53 Å². The first-order valence-corrected chi connectivity index (χ1v) is 5.52. The predicted octanol–water partition coefficient (Wildman–Crippen LogP) is 1.91. The summed E-state index contributed by atoms with van der Waals surface area (Å²) < 4.78 is 5.69. The van der Waals surface area contributed by atoms with Crippen LogP contribution in [0.25, 0.3) is 0 Å². The van der Waals surface area contributed by atoms with Crippen molar-refractivity contribution in [3.63, 3.8) is 0 Å². The molecule has 14 heavy (non-hydrogen) atoms. The van der Waals surface area contributed by atoms with E-state index in [9.17, 15) is 4.79 Å². The maximum atomic E-state index is 10.7. The molecule has 4 atom stereocenters. The molecule has 2 aliphatic rings. The van der Waals surface area contributed by atoms with E-state index >= 15 is 0 Å². The summed E-state index contributed by atoms with van der Waals surface area (Å²) >= 11 is 0. The largest absolute Gasteiger partial charge is 0.481 e. The number of hydrogen-bond donors (Lipinski definition) is 1. The van der Waals surface area contributed by atoms with Gasteiger partial charge in [0.1, 0.15) is 0 Å². The summed E-state index contributed by atoms with van der Waals surface area (Å²) in [7, 11) is 0. The second kappa shape index (κ2) is 3.89. The van der Waals surface area contributed by atoms with Crippen LogP contribution in [0.2, 0.25) is 0 Å². The number of carbonyl (C=O) groups is 1. The zero-order valence-electron chi connectivity index (χ0n) is 8.61. The van der Waals surface area contributed by atoms with Crippen LogP contribution in [0.15, 0.2) is 0 Å². The fourth-order valence-corrected chi connectivity index (χ4v) is 3.14. The average molecular weight is 198 g/mol. The van der Waals surface area contributed by atoms with Crippen molar-refractivity contribution in [2.45, 2.75) is 38.7 Å². The highest BCUT2D eigenvalue weighted by molar-refractivity contribution is 5.67. The molecular weight excluding hydrogens is 180 g/mol. The molecule has 0 bridgehead atoms. The monoisotopic (exact) mass is 198 g/mol. The smallest absolute Gasteiger partial charge is 0.303 e. The van der Waals surface area contributed by atoms with Gasteiger partial charge < -0.3 is 9.84 Å². The third-order valence-electron chi connectivity index (χ3n) is 3.70. The van der Waals surface area contributed by atoms with Gasteiger partial charge in [-0.3, -0.25) is 4.79 Å². The second-order valence-electron chi connectivity index (χ2n) is 4.72. The number of carboxylic acid groups (broad SMARTS) is 1. The van der Waals surface area contributed by atoms with Gasteiger partial charge >= 0.3 is 5.97 Å². The summed E-state index contributed by atoms with van der Waals surface area (Å²) in [5.74, 6) is 0.739. The van der Waals surface area contributed by atoms with Crippen molar-refractivity contribution in [3.05, 3.63) is 0 Å². The van der Waals surface area contributed by atoms with Gasteiger partial charge in [0, 0.05) is 13.0 Å². The van der Waals surface area contributed by atoms with E-state index in [4.69, 9.17) is 9.84 Å². The predicted molar refractivity (Wildman–Crippen MR) is 52.0 cm³/mol. The van der Waals surface area contributed by atoms with E-state index < -0.39 is 5.97 Å². The summed E-state index contributed by atoms with van der Waals surface area (Å²) in [6.07, 6.45) is 4.01. The normalized spacial score (nSPS) is 42.1. The summed E-state index contributed by atoms with van der Waals surface area (Å²) in [4.78, 5) is 10.7. The molecule has 0 amide bonds. The molecule has 1 heterocycles. The molecule has 1 saturated heterocycles. The number of rotatable bonds is 2. The third kappa shape index (κ3) is 1.78. The molecule has 1 aliphatic carbocycles. The fraction of sp³-hybridized carbons (Fsp3) is 0.909. The number of fused-ring (bicyclic) bond motifs is 1. The van der Waals surface area contributed by atoms with E-state index in [0.717, 1.165) is 25.9 Å². The van der Waals surface area contributed by atoms with Crippen molar-refractivity contribution in [2.24, 2.45) is 17.8 Å². The summed E-state index contributed by atoms with van der Waals surface area (Å²) in [5.41, 5.74) is 0. The van der Waals surface area contributed by atoms with Crippen LogP contribution < -0.4 is 0 Å². The molecule has 0 unspecified atom stereocenters. The van der Waals surface area contributed by atoms with Crippen LogP contribution in [-0.4, -0.2) is 23.8 Å². The van der Waals surface area contributed by atoms with E-state index in [1.807, 2.05) is 0 Å². The molecule has 1 aliphatic heterocycles. The van der Waals surface area contributed by atoms with Gasteiger partial charge in [-0.15, -0.1) is 0 Å². The number of carboxylic acids is 1. The number of ether oxygens (including phenoxy) is 1. The Balaban J connectivity index is 2.04. The second-order valence-corrected chi connectivity index (χ2v) is 4.72. The Bertz CT molecular complexity index is 225. The first kappa shape index (κ1) is 9.97. The lowest BCUT2D eigenvalue weighted by Gasteiger charge is -2.33. The molecule has 1 saturated carbocycles. The van der Waals surface area contributed by atoms with E-state index in [1.54, 1.807) is 0 Å². The van der Waals surface area contributed by atoms with Crippen molar-refractivity contribution in [1.82, 2.24) is 0 Å².